The Morgan fingerprint density at radius 2 is 2.13 bits per heavy atom. The SMILES string of the molecule is CC(C)Cc1ccc2c(c1)CNCCC2. The summed E-state index contributed by atoms with van der Waals surface area (Å²) in [5.41, 5.74) is 4.56. The van der Waals surface area contributed by atoms with Crippen molar-refractivity contribution >= 4 is 0 Å². The third-order valence-electron chi connectivity index (χ3n) is 3.03. The lowest BCUT2D eigenvalue weighted by Crippen LogP contribution is -2.12. The highest BCUT2D eigenvalue weighted by Gasteiger charge is 2.08. The minimum atomic E-state index is 0.752. The molecule has 0 unspecified atom stereocenters. The van der Waals surface area contributed by atoms with Crippen LogP contribution in [0.4, 0.5) is 0 Å². The predicted octanol–water partition coefficient (Wildman–Crippen LogP) is 2.92. The molecule has 1 aromatic carbocycles. The molecular formula is C14H21N. The Morgan fingerprint density at radius 3 is 2.93 bits per heavy atom. The molecule has 0 spiro atoms. The van der Waals surface area contributed by atoms with Crippen LogP contribution in [0, 0.1) is 5.92 Å². The fourth-order valence-corrected chi connectivity index (χ4v) is 2.31. The first-order chi connectivity index (χ1) is 7.25. The average Bonchev–Trinajstić information content (AvgIpc) is 2.41. The highest BCUT2D eigenvalue weighted by atomic mass is 14.8. The molecule has 1 aromatic rings. The summed E-state index contributed by atoms with van der Waals surface area (Å²) in [6.07, 6.45) is 3.72. The molecule has 1 aliphatic heterocycles. The Bertz CT molecular complexity index is 328. The molecule has 2 rings (SSSR count). The van der Waals surface area contributed by atoms with Crippen LogP contribution in [0.3, 0.4) is 0 Å². The molecule has 82 valence electrons. The lowest BCUT2D eigenvalue weighted by atomic mass is 9.96. The van der Waals surface area contributed by atoms with Gasteiger partial charge < -0.3 is 5.32 Å². The van der Waals surface area contributed by atoms with Crippen LogP contribution in [0.5, 0.6) is 0 Å². The monoisotopic (exact) mass is 203 g/mol. The van der Waals surface area contributed by atoms with Crippen molar-refractivity contribution in [3.8, 4) is 0 Å². The average molecular weight is 203 g/mol. The Balaban J connectivity index is 2.20. The second-order valence-electron chi connectivity index (χ2n) is 4.98. The lowest BCUT2D eigenvalue weighted by Gasteiger charge is -2.10. The Labute approximate surface area is 92.9 Å². The minimum Gasteiger partial charge on any atom is -0.313 e. The third-order valence-corrected chi connectivity index (χ3v) is 3.03. The Morgan fingerprint density at radius 1 is 1.27 bits per heavy atom. The number of benzene rings is 1. The molecule has 1 aliphatic rings. The van der Waals surface area contributed by atoms with E-state index in [-0.39, 0.29) is 0 Å². The molecule has 0 aromatic heterocycles. The van der Waals surface area contributed by atoms with Gasteiger partial charge in [-0.05, 0) is 48.4 Å². The van der Waals surface area contributed by atoms with Crippen molar-refractivity contribution in [1.29, 1.82) is 0 Å². The summed E-state index contributed by atoms with van der Waals surface area (Å²) in [7, 11) is 0. The first-order valence-corrected chi connectivity index (χ1v) is 6.07. The number of hydrogen-bond donors (Lipinski definition) is 1. The van der Waals surface area contributed by atoms with E-state index >= 15 is 0 Å². The van der Waals surface area contributed by atoms with E-state index in [4.69, 9.17) is 0 Å². The van der Waals surface area contributed by atoms with Crippen LogP contribution < -0.4 is 5.32 Å². The molecule has 0 aliphatic carbocycles. The van der Waals surface area contributed by atoms with Gasteiger partial charge in [-0.1, -0.05) is 32.0 Å². The second-order valence-corrected chi connectivity index (χ2v) is 4.98. The number of rotatable bonds is 2. The van der Waals surface area contributed by atoms with E-state index in [1.807, 2.05) is 0 Å². The molecule has 1 heteroatoms. The van der Waals surface area contributed by atoms with Gasteiger partial charge in [0.05, 0.1) is 0 Å². The smallest absolute Gasteiger partial charge is 0.0208 e. The van der Waals surface area contributed by atoms with Crippen molar-refractivity contribution in [3.63, 3.8) is 0 Å². The van der Waals surface area contributed by atoms with Crippen LogP contribution >= 0.6 is 0 Å². The highest BCUT2D eigenvalue weighted by Crippen LogP contribution is 2.18. The third kappa shape index (κ3) is 2.82. The number of nitrogens with one attached hydrogen (secondary N) is 1. The summed E-state index contributed by atoms with van der Waals surface area (Å²) in [5.74, 6) is 0.752. The summed E-state index contributed by atoms with van der Waals surface area (Å²) >= 11 is 0. The molecule has 1 nitrogen and oxygen atoms in total. The number of hydrogen-bond acceptors (Lipinski definition) is 1. The molecule has 0 amide bonds. The number of fused-ring (bicyclic) bond motifs is 1. The van der Waals surface area contributed by atoms with Crippen LogP contribution in [0.15, 0.2) is 18.2 Å². The van der Waals surface area contributed by atoms with Gasteiger partial charge >= 0.3 is 0 Å². The molecule has 1 heterocycles. The van der Waals surface area contributed by atoms with Crippen molar-refractivity contribution < 1.29 is 0 Å². The Hall–Kier alpha value is -0.820. The summed E-state index contributed by atoms with van der Waals surface area (Å²) < 4.78 is 0. The van der Waals surface area contributed by atoms with E-state index in [0.29, 0.717) is 0 Å². The predicted molar refractivity (Wildman–Crippen MR) is 65.0 cm³/mol. The summed E-state index contributed by atoms with van der Waals surface area (Å²) in [5, 5.41) is 3.48. The summed E-state index contributed by atoms with van der Waals surface area (Å²) in [4.78, 5) is 0. The first kappa shape index (κ1) is 10.7. The molecule has 0 atom stereocenters. The van der Waals surface area contributed by atoms with Crippen LogP contribution in [0.1, 0.15) is 37.0 Å². The zero-order chi connectivity index (χ0) is 10.7. The topological polar surface area (TPSA) is 12.0 Å². The van der Waals surface area contributed by atoms with Crippen molar-refractivity contribution in [1.82, 2.24) is 5.32 Å². The molecule has 0 fully saturated rings. The van der Waals surface area contributed by atoms with E-state index in [0.717, 1.165) is 19.0 Å². The lowest BCUT2D eigenvalue weighted by molar-refractivity contribution is 0.645. The van der Waals surface area contributed by atoms with E-state index in [1.54, 1.807) is 5.56 Å². The van der Waals surface area contributed by atoms with Crippen LogP contribution in [0.25, 0.3) is 0 Å². The van der Waals surface area contributed by atoms with Gasteiger partial charge in [-0.25, -0.2) is 0 Å². The zero-order valence-electron chi connectivity index (χ0n) is 9.84. The quantitative estimate of drug-likeness (QED) is 0.779. The standard InChI is InChI=1S/C14H21N/c1-11(2)8-12-5-6-13-4-3-7-15-10-14(13)9-12/h5-6,9,11,15H,3-4,7-8,10H2,1-2H3. The van der Waals surface area contributed by atoms with Gasteiger partial charge in [0.15, 0.2) is 0 Å². The Kier molecular flexibility index (Phi) is 3.42. The molecule has 0 saturated carbocycles. The van der Waals surface area contributed by atoms with E-state index in [1.165, 1.54) is 30.4 Å². The molecular weight excluding hydrogens is 182 g/mol. The maximum absolute atomic E-state index is 3.48. The molecule has 0 radical (unpaired) electrons. The van der Waals surface area contributed by atoms with Gasteiger partial charge in [-0.15, -0.1) is 0 Å². The fraction of sp³-hybridized carbons (Fsp3) is 0.571. The van der Waals surface area contributed by atoms with Crippen LogP contribution in [0.2, 0.25) is 0 Å². The normalized spacial score (nSPS) is 16.2. The first-order valence-electron chi connectivity index (χ1n) is 6.07. The summed E-state index contributed by atoms with van der Waals surface area (Å²) in [6, 6.07) is 7.04. The van der Waals surface area contributed by atoms with Gasteiger partial charge in [0.1, 0.15) is 0 Å². The van der Waals surface area contributed by atoms with Crippen LogP contribution in [-0.4, -0.2) is 6.54 Å². The number of aryl methyl sites for hydroxylation is 1. The van der Waals surface area contributed by atoms with Crippen molar-refractivity contribution in [2.24, 2.45) is 5.92 Å². The van der Waals surface area contributed by atoms with Gasteiger partial charge in [0.2, 0.25) is 0 Å². The highest BCUT2D eigenvalue weighted by molar-refractivity contribution is 5.33. The van der Waals surface area contributed by atoms with E-state index in [2.05, 4.69) is 37.4 Å². The van der Waals surface area contributed by atoms with Gasteiger partial charge in [0.25, 0.3) is 0 Å². The largest absolute Gasteiger partial charge is 0.313 e. The zero-order valence-corrected chi connectivity index (χ0v) is 9.84. The van der Waals surface area contributed by atoms with Crippen molar-refractivity contribution in [3.05, 3.63) is 34.9 Å². The fourth-order valence-electron chi connectivity index (χ4n) is 2.31. The molecule has 0 bridgehead atoms. The second kappa shape index (κ2) is 4.80. The van der Waals surface area contributed by atoms with Crippen molar-refractivity contribution in [2.75, 3.05) is 6.54 Å². The minimum absolute atomic E-state index is 0.752. The van der Waals surface area contributed by atoms with E-state index in [9.17, 15) is 0 Å². The van der Waals surface area contributed by atoms with Gasteiger partial charge in [0, 0.05) is 6.54 Å². The molecule has 0 saturated heterocycles. The van der Waals surface area contributed by atoms with Gasteiger partial charge in [-0.2, -0.15) is 0 Å². The molecule has 1 N–H and O–H groups in total. The van der Waals surface area contributed by atoms with Gasteiger partial charge in [-0.3, -0.25) is 0 Å². The maximum atomic E-state index is 3.48. The molecule has 15 heavy (non-hydrogen) atoms. The maximum Gasteiger partial charge on any atom is 0.0208 e. The summed E-state index contributed by atoms with van der Waals surface area (Å²) in [6.45, 7) is 6.78. The van der Waals surface area contributed by atoms with Crippen molar-refractivity contribution in [2.45, 2.75) is 39.7 Å². The van der Waals surface area contributed by atoms with E-state index < -0.39 is 0 Å². The van der Waals surface area contributed by atoms with Crippen LogP contribution in [-0.2, 0) is 19.4 Å².